The van der Waals surface area contributed by atoms with Crippen LogP contribution in [0.5, 0.6) is 0 Å². The van der Waals surface area contributed by atoms with Gasteiger partial charge in [-0.25, -0.2) is 0 Å². The molecule has 7 nitrogen and oxygen atoms in total. The third-order valence-electron chi connectivity index (χ3n) is 4.88. The fourth-order valence-corrected chi connectivity index (χ4v) is 3.47. The molecule has 2 aliphatic heterocycles. The van der Waals surface area contributed by atoms with Crippen LogP contribution in [0.1, 0.15) is 49.5 Å². The van der Waals surface area contributed by atoms with Crippen molar-refractivity contribution in [1.29, 1.82) is 0 Å². The van der Waals surface area contributed by atoms with Gasteiger partial charge < -0.3 is 14.4 Å². The summed E-state index contributed by atoms with van der Waals surface area (Å²) in [4.78, 5) is 25.5. The van der Waals surface area contributed by atoms with Crippen LogP contribution in [0.25, 0.3) is 0 Å². The normalized spacial score (nSPS) is 20.0. The second-order valence-corrected chi connectivity index (χ2v) is 7.64. The van der Waals surface area contributed by atoms with E-state index in [0.717, 1.165) is 0 Å². The molecule has 0 radical (unpaired) electrons. The standard InChI is InChI=1S/C18H24N2O5/c1-17(2,3)14-5-4-13(12-15(14)20(22)23)16(21)19-8-6-18(7-9-19)24-10-11-25-18/h4-5,12H,6-11H2,1-3H3. The third kappa shape index (κ3) is 3.52. The number of nitro groups is 1. The highest BCUT2D eigenvalue weighted by atomic mass is 16.7. The van der Waals surface area contributed by atoms with Crippen molar-refractivity contribution in [2.24, 2.45) is 0 Å². The molecule has 2 aliphatic rings. The molecule has 0 aromatic heterocycles. The number of hydrogen-bond donors (Lipinski definition) is 0. The van der Waals surface area contributed by atoms with E-state index in [0.29, 0.717) is 50.3 Å². The average molecular weight is 348 g/mol. The molecule has 25 heavy (non-hydrogen) atoms. The van der Waals surface area contributed by atoms with Crippen molar-refractivity contribution in [1.82, 2.24) is 4.90 Å². The van der Waals surface area contributed by atoms with Crippen LogP contribution in [0.2, 0.25) is 0 Å². The summed E-state index contributed by atoms with van der Waals surface area (Å²) < 4.78 is 11.3. The Morgan fingerprint density at radius 3 is 2.32 bits per heavy atom. The minimum Gasteiger partial charge on any atom is -0.347 e. The number of nitrogens with zero attached hydrogens (tertiary/aromatic N) is 2. The smallest absolute Gasteiger partial charge is 0.273 e. The lowest BCUT2D eigenvalue weighted by molar-refractivity contribution is -0.386. The SMILES string of the molecule is CC(C)(C)c1ccc(C(=O)N2CCC3(CC2)OCCO3)cc1[N+](=O)[O-]. The zero-order valence-electron chi connectivity index (χ0n) is 14.9. The molecule has 0 atom stereocenters. The molecule has 0 bridgehead atoms. The van der Waals surface area contributed by atoms with E-state index in [2.05, 4.69) is 0 Å². The lowest BCUT2D eigenvalue weighted by Gasteiger charge is -2.37. The second kappa shape index (κ2) is 6.38. The first kappa shape index (κ1) is 17.8. The van der Waals surface area contributed by atoms with E-state index in [1.165, 1.54) is 6.07 Å². The number of benzene rings is 1. The highest BCUT2D eigenvalue weighted by Crippen LogP contribution is 2.34. The number of nitro benzene ring substituents is 1. The Morgan fingerprint density at radius 2 is 1.80 bits per heavy atom. The predicted octanol–water partition coefficient (Wildman–Crippen LogP) is 2.87. The maximum Gasteiger partial charge on any atom is 0.273 e. The van der Waals surface area contributed by atoms with Gasteiger partial charge in [0.25, 0.3) is 11.6 Å². The number of carbonyl (C=O) groups excluding carboxylic acids is 1. The fraction of sp³-hybridized carbons (Fsp3) is 0.611. The molecule has 2 heterocycles. The molecular weight excluding hydrogens is 324 g/mol. The molecule has 1 amide bonds. The molecule has 0 aliphatic carbocycles. The number of ether oxygens (including phenoxy) is 2. The van der Waals surface area contributed by atoms with E-state index in [-0.39, 0.29) is 17.0 Å². The summed E-state index contributed by atoms with van der Waals surface area (Å²) in [6.07, 6.45) is 1.25. The maximum atomic E-state index is 12.8. The van der Waals surface area contributed by atoms with Crippen molar-refractivity contribution in [2.75, 3.05) is 26.3 Å². The first-order chi connectivity index (χ1) is 11.7. The molecule has 2 fully saturated rings. The summed E-state index contributed by atoms with van der Waals surface area (Å²) in [5.74, 6) is -0.727. The largest absolute Gasteiger partial charge is 0.347 e. The van der Waals surface area contributed by atoms with Crippen molar-refractivity contribution in [2.45, 2.75) is 44.8 Å². The summed E-state index contributed by atoms with van der Waals surface area (Å²) in [5.41, 5.74) is 0.608. The Kier molecular flexibility index (Phi) is 4.55. The van der Waals surface area contributed by atoms with E-state index < -0.39 is 10.7 Å². The summed E-state index contributed by atoms with van der Waals surface area (Å²) in [5, 5.41) is 11.4. The Morgan fingerprint density at radius 1 is 1.20 bits per heavy atom. The molecule has 2 saturated heterocycles. The topological polar surface area (TPSA) is 81.9 Å². The van der Waals surface area contributed by atoms with Gasteiger partial charge in [0.1, 0.15) is 0 Å². The van der Waals surface area contributed by atoms with Crippen molar-refractivity contribution >= 4 is 11.6 Å². The highest BCUT2D eigenvalue weighted by molar-refractivity contribution is 5.95. The Hall–Kier alpha value is -1.99. The zero-order chi connectivity index (χ0) is 18.2. The van der Waals surface area contributed by atoms with Gasteiger partial charge >= 0.3 is 0 Å². The van der Waals surface area contributed by atoms with Gasteiger partial charge in [0.05, 0.1) is 18.1 Å². The molecule has 136 valence electrons. The van der Waals surface area contributed by atoms with Crippen LogP contribution in [0.15, 0.2) is 18.2 Å². The molecule has 3 rings (SSSR count). The fourth-order valence-electron chi connectivity index (χ4n) is 3.47. The summed E-state index contributed by atoms with van der Waals surface area (Å²) >= 11 is 0. The van der Waals surface area contributed by atoms with Gasteiger partial charge in [-0.1, -0.05) is 26.8 Å². The second-order valence-electron chi connectivity index (χ2n) is 7.64. The first-order valence-corrected chi connectivity index (χ1v) is 8.58. The summed E-state index contributed by atoms with van der Waals surface area (Å²) in [7, 11) is 0. The number of piperidine rings is 1. The quantitative estimate of drug-likeness (QED) is 0.606. The summed E-state index contributed by atoms with van der Waals surface area (Å²) in [6.45, 7) is 7.98. The zero-order valence-corrected chi connectivity index (χ0v) is 14.9. The van der Waals surface area contributed by atoms with E-state index in [1.54, 1.807) is 17.0 Å². The molecule has 0 saturated carbocycles. The average Bonchev–Trinajstić information content (AvgIpc) is 3.01. The molecule has 1 spiro atoms. The lowest BCUT2D eigenvalue weighted by Crippen LogP contribution is -2.47. The Labute approximate surface area is 147 Å². The van der Waals surface area contributed by atoms with E-state index in [4.69, 9.17) is 9.47 Å². The van der Waals surface area contributed by atoms with Crippen LogP contribution < -0.4 is 0 Å². The van der Waals surface area contributed by atoms with Crippen LogP contribution in [-0.4, -0.2) is 47.8 Å². The van der Waals surface area contributed by atoms with Crippen LogP contribution in [0, 0.1) is 10.1 Å². The van der Waals surface area contributed by atoms with Gasteiger partial charge in [-0.2, -0.15) is 0 Å². The minimum absolute atomic E-state index is 0.00529. The summed E-state index contributed by atoms with van der Waals surface area (Å²) in [6, 6.07) is 4.78. The van der Waals surface area contributed by atoms with Crippen LogP contribution in [0.4, 0.5) is 5.69 Å². The van der Waals surface area contributed by atoms with Crippen molar-refractivity contribution in [3.05, 3.63) is 39.4 Å². The van der Waals surface area contributed by atoms with Gasteiger partial charge in [-0.3, -0.25) is 14.9 Å². The van der Waals surface area contributed by atoms with Gasteiger partial charge in [0, 0.05) is 43.1 Å². The predicted molar refractivity (Wildman–Crippen MR) is 91.6 cm³/mol. The van der Waals surface area contributed by atoms with Gasteiger partial charge in [-0.15, -0.1) is 0 Å². The molecule has 1 aromatic carbocycles. The molecule has 0 N–H and O–H groups in total. The van der Waals surface area contributed by atoms with Crippen LogP contribution >= 0.6 is 0 Å². The van der Waals surface area contributed by atoms with E-state index >= 15 is 0 Å². The first-order valence-electron chi connectivity index (χ1n) is 8.58. The minimum atomic E-state index is -0.543. The number of likely N-dealkylation sites (tertiary alicyclic amines) is 1. The number of amides is 1. The molecule has 1 aromatic rings. The number of hydrogen-bond acceptors (Lipinski definition) is 5. The Bertz CT molecular complexity index is 679. The van der Waals surface area contributed by atoms with E-state index in [1.807, 2.05) is 20.8 Å². The van der Waals surface area contributed by atoms with Gasteiger partial charge in [0.15, 0.2) is 5.79 Å². The molecule has 7 heteroatoms. The maximum absolute atomic E-state index is 12.8. The van der Waals surface area contributed by atoms with E-state index in [9.17, 15) is 14.9 Å². The van der Waals surface area contributed by atoms with Crippen LogP contribution in [0.3, 0.4) is 0 Å². The van der Waals surface area contributed by atoms with Gasteiger partial charge in [-0.05, 0) is 11.5 Å². The Balaban J connectivity index is 1.79. The van der Waals surface area contributed by atoms with Crippen molar-refractivity contribution in [3.63, 3.8) is 0 Å². The highest BCUT2D eigenvalue weighted by Gasteiger charge is 2.41. The van der Waals surface area contributed by atoms with Crippen LogP contribution in [-0.2, 0) is 14.9 Å². The monoisotopic (exact) mass is 348 g/mol. The van der Waals surface area contributed by atoms with Crippen molar-refractivity contribution < 1.29 is 19.2 Å². The number of carbonyl (C=O) groups is 1. The number of rotatable bonds is 2. The molecular formula is C18H24N2O5. The van der Waals surface area contributed by atoms with Crippen molar-refractivity contribution in [3.8, 4) is 0 Å². The van der Waals surface area contributed by atoms with Gasteiger partial charge in [0.2, 0.25) is 0 Å². The third-order valence-corrected chi connectivity index (χ3v) is 4.88. The lowest BCUT2D eigenvalue weighted by atomic mass is 9.85. The molecule has 0 unspecified atom stereocenters.